The molecule has 0 aliphatic carbocycles. The van der Waals surface area contributed by atoms with E-state index in [4.69, 9.17) is 4.42 Å². The lowest BCUT2D eigenvalue weighted by molar-refractivity contribution is 0.0787. The van der Waals surface area contributed by atoms with Gasteiger partial charge in [-0.05, 0) is 43.9 Å². The summed E-state index contributed by atoms with van der Waals surface area (Å²) in [6, 6.07) is 6.51. The van der Waals surface area contributed by atoms with E-state index in [9.17, 15) is 4.79 Å². The van der Waals surface area contributed by atoms with Crippen LogP contribution >= 0.6 is 0 Å². The number of amides is 1. The maximum Gasteiger partial charge on any atom is 0.275 e. The van der Waals surface area contributed by atoms with Gasteiger partial charge < -0.3 is 14.2 Å². The first-order valence-electron chi connectivity index (χ1n) is 9.89. The fraction of sp³-hybridized carbons (Fsp3) is 0.524. The summed E-state index contributed by atoms with van der Waals surface area (Å²) in [4.78, 5) is 23.5. The number of hydrogen-bond donors (Lipinski definition) is 0. The normalized spacial score (nSPS) is 18.3. The molecule has 3 heterocycles. The van der Waals surface area contributed by atoms with Crippen LogP contribution in [-0.2, 0) is 6.54 Å². The van der Waals surface area contributed by atoms with Gasteiger partial charge in [0.05, 0.1) is 6.54 Å². The number of likely N-dealkylation sites (tertiary alicyclic amines) is 1. The number of aryl methyl sites for hydroxylation is 1. The van der Waals surface area contributed by atoms with E-state index in [0.717, 1.165) is 52.1 Å². The first-order chi connectivity index (χ1) is 13.1. The van der Waals surface area contributed by atoms with E-state index in [1.54, 1.807) is 0 Å². The van der Waals surface area contributed by atoms with E-state index in [0.29, 0.717) is 18.1 Å². The third-order valence-electron chi connectivity index (χ3n) is 5.81. The molecule has 6 nitrogen and oxygen atoms in total. The average molecular weight is 368 g/mol. The largest absolute Gasteiger partial charge is 0.447 e. The number of piperazine rings is 1. The molecule has 0 N–H and O–H groups in total. The monoisotopic (exact) mass is 368 g/mol. The average Bonchev–Trinajstić information content (AvgIpc) is 3.36. The molecule has 2 aliphatic rings. The Morgan fingerprint density at radius 1 is 1.07 bits per heavy atom. The molecule has 4 rings (SSSR count). The standard InChI is InChI=1S/C21H28N4O2/c1-16-6-5-7-19(17(16)2)24-12-10-23(11-13-24)14-20-22-18(15-27-20)21(26)25-8-3-4-9-25/h5-7,15H,3-4,8-14H2,1-2H3. The summed E-state index contributed by atoms with van der Waals surface area (Å²) >= 11 is 0. The Morgan fingerprint density at radius 3 is 2.56 bits per heavy atom. The van der Waals surface area contributed by atoms with Crippen LogP contribution in [-0.4, -0.2) is 60.0 Å². The lowest BCUT2D eigenvalue weighted by atomic mass is 10.1. The van der Waals surface area contributed by atoms with Crippen molar-refractivity contribution >= 4 is 11.6 Å². The van der Waals surface area contributed by atoms with Crippen molar-refractivity contribution in [1.29, 1.82) is 0 Å². The summed E-state index contributed by atoms with van der Waals surface area (Å²) in [5, 5.41) is 0. The lowest BCUT2D eigenvalue weighted by Gasteiger charge is -2.36. The van der Waals surface area contributed by atoms with Crippen molar-refractivity contribution in [2.24, 2.45) is 0 Å². The van der Waals surface area contributed by atoms with Gasteiger partial charge in [0, 0.05) is 45.0 Å². The van der Waals surface area contributed by atoms with Gasteiger partial charge in [0.25, 0.3) is 5.91 Å². The maximum absolute atomic E-state index is 12.4. The summed E-state index contributed by atoms with van der Waals surface area (Å²) in [6.07, 6.45) is 3.69. The van der Waals surface area contributed by atoms with Crippen LogP contribution in [0.2, 0.25) is 0 Å². The van der Waals surface area contributed by atoms with Gasteiger partial charge in [-0.15, -0.1) is 0 Å². The molecule has 1 aromatic carbocycles. The summed E-state index contributed by atoms with van der Waals surface area (Å²) < 4.78 is 5.58. The second-order valence-corrected chi connectivity index (χ2v) is 7.61. The van der Waals surface area contributed by atoms with Crippen molar-refractivity contribution in [1.82, 2.24) is 14.8 Å². The number of anilines is 1. The zero-order valence-electron chi connectivity index (χ0n) is 16.3. The minimum absolute atomic E-state index is 0.00208. The first-order valence-corrected chi connectivity index (χ1v) is 9.89. The van der Waals surface area contributed by atoms with Gasteiger partial charge in [0.15, 0.2) is 5.69 Å². The van der Waals surface area contributed by atoms with Gasteiger partial charge >= 0.3 is 0 Å². The zero-order chi connectivity index (χ0) is 18.8. The summed E-state index contributed by atoms with van der Waals surface area (Å²) in [5.74, 6) is 0.639. The number of aromatic nitrogens is 1. The van der Waals surface area contributed by atoms with Crippen molar-refractivity contribution < 1.29 is 9.21 Å². The first kappa shape index (κ1) is 18.0. The van der Waals surface area contributed by atoms with E-state index in [2.05, 4.69) is 46.8 Å². The number of benzene rings is 1. The van der Waals surface area contributed by atoms with E-state index >= 15 is 0 Å². The summed E-state index contributed by atoms with van der Waals surface area (Å²) in [6.45, 7) is 10.6. The number of nitrogens with zero attached hydrogens (tertiary/aromatic N) is 4. The fourth-order valence-corrected chi connectivity index (χ4v) is 3.98. The Morgan fingerprint density at radius 2 is 1.81 bits per heavy atom. The molecule has 0 spiro atoms. The molecule has 144 valence electrons. The molecular formula is C21H28N4O2. The van der Waals surface area contributed by atoms with E-state index < -0.39 is 0 Å². The fourth-order valence-electron chi connectivity index (χ4n) is 3.98. The van der Waals surface area contributed by atoms with Crippen LogP contribution in [0, 0.1) is 13.8 Å². The predicted octanol–water partition coefficient (Wildman–Crippen LogP) is 2.85. The highest BCUT2D eigenvalue weighted by molar-refractivity contribution is 5.92. The Kier molecular flexibility index (Phi) is 5.16. The van der Waals surface area contributed by atoms with Gasteiger partial charge in [0.1, 0.15) is 6.26 Å². The molecule has 0 bridgehead atoms. The highest BCUT2D eigenvalue weighted by atomic mass is 16.3. The van der Waals surface area contributed by atoms with Gasteiger partial charge in [-0.1, -0.05) is 12.1 Å². The molecule has 0 radical (unpaired) electrons. The van der Waals surface area contributed by atoms with Crippen LogP contribution in [0.1, 0.15) is 40.3 Å². The van der Waals surface area contributed by atoms with Crippen molar-refractivity contribution in [3.63, 3.8) is 0 Å². The molecule has 0 atom stereocenters. The molecule has 0 unspecified atom stereocenters. The molecule has 2 aliphatic heterocycles. The van der Waals surface area contributed by atoms with Crippen LogP contribution in [0.5, 0.6) is 0 Å². The van der Waals surface area contributed by atoms with Crippen LogP contribution < -0.4 is 4.90 Å². The Labute approximate surface area is 160 Å². The maximum atomic E-state index is 12.4. The molecule has 2 saturated heterocycles. The predicted molar refractivity (Wildman–Crippen MR) is 105 cm³/mol. The second kappa shape index (κ2) is 7.72. The Hall–Kier alpha value is -2.34. The molecule has 2 aromatic rings. The smallest absolute Gasteiger partial charge is 0.275 e. The van der Waals surface area contributed by atoms with Crippen LogP contribution in [0.4, 0.5) is 5.69 Å². The number of oxazole rings is 1. The number of carbonyl (C=O) groups excluding carboxylic acids is 1. The molecule has 27 heavy (non-hydrogen) atoms. The molecular weight excluding hydrogens is 340 g/mol. The van der Waals surface area contributed by atoms with Crippen molar-refractivity contribution in [3.05, 3.63) is 47.2 Å². The van der Waals surface area contributed by atoms with Crippen molar-refractivity contribution in [2.45, 2.75) is 33.2 Å². The second-order valence-electron chi connectivity index (χ2n) is 7.61. The number of rotatable bonds is 4. The molecule has 1 aromatic heterocycles. The minimum Gasteiger partial charge on any atom is -0.447 e. The van der Waals surface area contributed by atoms with Gasteiger partial charge in [-0.3, -0.25) is 9.69 Å². The summed E-state index contributed by atoms with van der Waals surface area (Å²) in [5.41, 5.74) is 4.49. The highest BCUT2D eigenvalue weighted by Crippen LogP contribution is 2.24. The minimum atomic E-state index is 0.00208. The highest BCUT2D eigenvalue weighted by Gasteiger charge is 2.24. The Bertz CT molecular complexity index is 802. The van der Waals surface area contributed by atoms with Crippen LogP contribution in [0.15, 0.2) is 28.9 Å². The van der Waals surface area contributed by atoms with Crippen LogP contribution in [0.3, 0.4) is 0 Å². The van der Waals surface area contributed by atoms with Gasteiger partial charge in [0.2, 0.25) is 5.89 Å². The van der Waals surface area contributed by atoms with E-state index in [1.807, 2.05) is 4.90 Å². The molecule has 6 heteroatoms. The SMILES string of the molecule is Cc1cccc(N2CCN(Cc3nc(C(=O)N4CCCC4)co3)CC2)c1C. The summed E-state index contributed by atoms with van der Waals surface area (Å²) in [7, 11) is 0. The van der Waals surface area contributed by atoms with Crippen molar-refractivity contribution in [2.75, 3.05) is 44.2 Å². The van der Waals surface area contributed by atoms with Gasteiger partial charge in [-0.25, -0.2) is 4.98 Å². The molecule has 2 fully saturated rings. The van der Waals surface area contributed by atoms with Crippen LogP contribution in [0.25, 0.3) is 0 Å². The number of hydrogen-bond acceptors (Lipinski definition) is 5. The third kappa shape index (κ3) is 3.86. The topological polar surface area (TPSA) is 52.8 Å². The molecule has 1 amide bonds. The third-order valence-corrected chi connectivity index (χ3v) is 5.81. The lowest BCUT2D eigenvalue weighted by Crippen LogP contribution is -2.46. The van der Waals surface area contributed by atoms with E-state index in [-0.39, 0.29) is 5.91 Å². The number of carbonyl (C=O) groups is 1. The Balaban J connectivity index is 1.33. The zero-order valence-corrected chi connectivity index (χ0v) is 16.3. The molecule has 0 saturated carbocycles. The van der Waals surface area contributed by atoms with E-state index in [1.165, 1.54) is 23.1 Å². The quantitative estimate of drug-likeness (QED) is 0.831. The van der Waals surface area contributed by atoms with Gasteiger partial charge in [-0.2, -0.15) is 0 Å². The van der Waals surface area contributed by atoms with Crippen molar-refractivity contribution in [3.8, 4) is 0 Å².